The van der Waals surface area contributed by atoms with Crippen LogP contribution in [-0.2, 0) is 9.47 Å². The summed E-state index contributed by atoms with van der Waals surface area (Å²) in [6, 6.07) is 16.3. The van der Waals surface area contributed by atoms with E-state index in [0.29, 0.717) is 24.3 Å². The number of hydrogen-bond donors (Lipinski definition) is 0. The van der Waals surface area contributed by atoms with Crippen molar-refractivity contribution in [3.8, 4) is 0 Å². The van der Waals surface area contributed by atoms with Crippen LogP contribution in [-0.4, -0.2) is 43.5 Å². The first-order chi connectivity index (χ1) is 20.7. The molecular weight excluding hydrogens is 639 g/mol. The number of allylic oxidation sites excluding steroid dienone is 2. The average molecular weight is 698 g/mol. The van der Waals surface area contributed by atoms with Crippen LogP contribution in [0.3, 0.4) is 0 Å². The first-order valence-corrected chi connectivity index (χ1v) is 24.4. The fourth-order valence-electron chi connectivity index (χ4n) is 6.24. The number of carbonyl (C=O) groups excluding carboxylic acids is 2. The summed E-state index contributed by atoms with van der Waals surface area (Å²) < 4.78 is 16.1. The molecule has 0 amide bonds. The van der Waals surface area contributed by atoms with Crippen LogP contribution in [0.4, 0.5) is 0 Å². The molecule has 4 nitrogen and oxygen atoms in total. The van der Waals surface area contributed by atoms with Crippen LogP contribution in [0.5, 0.6) is 0 Å². The van der Waals surface area contributed by atoms with Crippen molar-refractivity contribution in [3.63, 3.8) is 0 Å². The van der Waals surface area contributed by atoms with Gasteiger partial charge in [0.15, 0.2) is 0 Å². The van der Waals surface area contributed by atoms with Crippen LogP contribution in [0.25, 0.3) is 5.57 Å². The molecule has 0 saturated heterocycles. The summed E-state index contributed by atoms with van der Waals surface area (Å²) in [4.78, 5) is 23.5. The van der Waals surface area contributed by atoms with E-state index in [2.05, 4.69) is 52.8 Å². The third-order valence-electron chi connectivity index (χ3n) is 8.83. The van der Waals surface area contributed by atoms with Crippen LogP contribution >= 0.6 is 0 Å². The van der Waals surface area contributed by atoms with Gasteiger partial charge in [-0.15, -0.1) is 0 Å². The number of hydrogen-bond acceptors (Lipinski definition) is 4. The van der Waals surface area contributed by atoms with Crippen molar-refractivity contribution >= 4 is 39.5 Å². The molecule has 0 unspecified atom stereocenters. The summed E-state index contributed by atoms with van der Waals surface area (Å²) in [6.07, 6.45) is 13.9. The van der Waals surface area contributed by atoms with Gasteiger partial charge in [0.2, 0.25) is 0 Å². The van der Waals surface area contributed by atoms with Crippen LogP contribution < -0.4 is 3.58 Å². The molecule has 0 radical (unpaired) electrons. The minimum atomic E-state index is -2.35. The van der Waals surface area contributed by atoms with Crippen molar-refractivity contribution < 1.29 is 19.1 Å². The van der Waals surface area contributed by atoms with E-state index in [-0.39, 0.29) is 17.4 Å². The molecule has 2 aromatic rings. The maximum atomic E-state index is 11.9. The molecule has 0 N–H and O–H groups in total. The summed E-state index contributed by atoms with van der Waals surface area (Å²) in [7, 11) is 0. The molecule has 0 aliphatic heterocycles. The van der Waals surface area contributed by atoms with Crippen LogP contribution in [0, 0.1) is 5.41 Å². The SMILES string of the molecule is CCC[CH2][Sn]([CH2]CCC)([CH2]CCC)[c]1ccc(C(=O)OCC)cc1.CCOC(=O)c1ccc(C2=CCCCC2(C)C)cc1. The molecule has 0 bridgehead atoms. The van der Waals surface area contributed by atoms with Crippen molar-refractivity contribution in [2.45, 2.75) is 120 Å². The maximum Gasteiger partial charge on any atom is 0.338 e. The molecule has 1 aliphatic carbocycles. The quantitative estimate of drug-likeness (QED) is 0.137. The smallest absolute Gasteiger partial charge is 0.338 e. The van der Waals surface area contributed by atoms with Gasteiger partial charge in [-0.25, -0.2) is 4.79 Å². The average Bonchev–Trinajstić information content (AvgIpc) is 3.01. The Morgan fingerprint density at radius 2 is 1.14 bits per heavy atom. The van der Waals surface area contributed by atoms with E-state index in [4.69, 9.17) is 9.47 Å². The molecule has 238 valence electrons. The zero-order valence-electron chi connectivity index (χ0n) is 28.2. The zero-order chi connectivity index (χ0) is 31.7. The summed E-state index contributed by atoms with van der Waals surface area (Å²) in [6.45, 7) is 16.0. The van der Waals surface area contributed by atoms with Gasteiger partial charge in [0.1, 0.15) is 0 Å². The molecular formula is C38H58O4Sn. The predicted octanol–water partition coefficient (Wildman–Crippen LogP) is 10.4. The monoisotopic (exact) mass is 698 g/mol. The van der Waals surface area contributed by atoms with Crippen molar-refractivity contribution in [1.82, 2.24) is 0 Å². The van der Waals surface area contributed by atoms with E-state index in [1.54, 1.807) is 3.58 Å². The molecule has 0 heterocycles. The van der Waals surface area contributed by atoms with Gasteiger partial charge in [-0.1, -0.05) is 32.1 Å². The fourth-order valence-corrected chi connectivity index (χ4v) is 22.2. The molecule has 3 rings (SSSR count). The second-order valence-electron chi connectivity index (χ2n) is 12.6. The summed E-state index contributed by atoms with van der Waals surface area (Å²) in [5, 5.41) is 0. The topological polar surface area (TPSA) is 52.6 Å². The van der Waals surface area contributed by atoms with E-state index < -0.39 is 18.4 Å². The van der Waals surface area contributed by atoms with Gasteiger partial charge in [0, 0.05) is 0 Å². The largest absolute Gasteiger partial charge is 0.462 e. The Kier molecular flexibility index (Phi) is 16.7. The third kappa shape index (κ3) is 11.4. The Balaban J connectivity index is 0.000000307. The first-order valence-electron chi connectivity index (χ1n) is 16.9. The Morgan fingerprint density at radius 1 is 0.698 bits per heavy atom. The van der Waals surface area contributed by atoms with Crippen LogP contribution in [0.15, 0.2) is 54.6 Å². The standard InChI is InChI=1S/C17H22O2.C9H9O2.3C4H9.Sn/c1-4-19-16(18)14-10-8-13(9-11-14)15-7-5-6-12-17(15,2)3;1-2-11-9(10)8-6-4-3-5-7-8;3*1-3-4-2;/h7-11H,4-6,12H2,1-3H3;4-7H,2H2,1H3;3*1,3-4H2,2H3;. The van der Waals surface area contributed by atoms with E-state index >= 15 is 0 Å². The molecule has 0 saturated carbocycles. The summed E-state index contributed by atoms with van der Waals surface area (Å²) in [5.74, 6) is -0.438. The normalized spacial score (nSPS) is 14.3. The molecule has 0 aromatic heterocycles. The van der Waals surface area contributed by atoms with Crippen LogP contribution in [0.1, 0.15) is 133 Å². The van der Waals surface area contributed by atoms with Gasteiger partial charge in [-0.05, 0) is 54.9 Å². The third-order valence-corrected chi connectivity index (χ3v) is 24.5. The number of esters is 2. The van der Waals surface area contributed by atoms with E-state index in [0.717, 1.165) is 6.42 Å². The van der Waals surface area contributed by atoms with Crippen molar-refractivity contribution in [1.29, 1.82) is 0 Å². The number of benzene rings is 2. The van der Waals surface area contributed by atoms with Gasteiger partial charge >= 0.3 is 159 Å². The number of unbranched alkanes of at least 4 members (excludes halogenated alkanes) is 3. The molecule has 1 aliphatic rings. The van der Waals surface area contributed by atoms with Gasteiger partial charge in [-0.3, -0.25) is 0 Å². The molecule has 2 aromatic carbocycles. The second-order valence-corrected chi connectivity index (χ2v) is 25.8. The van der Waals surface area contributed by atoms with Crippen molar-refractivity contribution in [2.75, 3.05) is 13.2 Å². The Labute approximate surface area is 266 Å². The summed E-state index contributed by atoms with van der Waals surface area (Å²) >= 11 is -2.35. The molecule has 0 spiro atoms. The minimum absolute atomic E-state index is 0.194. The van der Waals surface area contributed by atoms with Gasteiger partial charge < -0.3 is 4.74 Å². The maximum absolute atomic E-state index is 11.9. The fraction of sp³-hybridized carbons (Fsp3) is 0.579. The minimum Gasteiger partial charge on any atom is -0.462 e. The first kappa shape index (κ1) is 37.1. The number of carbonyl (C=O) groups is 2. The van der Waals surface area contributed by atoms with Crippen molar-refractivity contribution in [2.24, 2.45) is 5.41 Å². The van der Waals surface area contributed by atoms with Gasteiger partial charge in [0.05, 0.1) is 12.2 Å². The molecule has 0 fully saturated rings. The van der Waals surface area contributed by atoms with Crippen LogP contribution in [0.2, 0.25) is 13.3 Å². The Bertz CT molecular complexity index is 1110. The molecule has 43 heavy (non-hydrogen) atoms. The van der Waals surface area contributed by atoms with E-state index in [1.807, 2.05) is 50.2 Å². The number of rotatable bonds is 15. The van der Waals surface area contributed by atoms with Gasteiger partial charge in [-0.2, -0.15) is 0 Å². The Hall–Kier alpha value is -2.08. The summed E-state index contributed by atoms with van der Waals surface area (Å²) in [5.41, 5.74) is 4.16. The van der Waals surface area contributed by atoms with Gasteiger partial charge in [0.25, 0.3) is 0 Å². The van der Waals surface area contributed by atoms with E-state index in [1.165, 1.54) is 75.8 Å². The van der Waals surface area contributed by atoms with E-state index in [9.17, 15) is 9.59 Å². The Morgan fingerprint density at radius 3 is 1.53 bits per heavy atom. The number of ether oxygens (including phenoxy) is 2. The zero-order valence-corrected chi connectivity index (χ0v) is 31.1. The molecule has 5 heteroatoms. The molecule has 0 atom stereocenters. The second kappa shape index (κ2) is 19.3. The predicted molar refractivity (Wildman–Crippen MR) is 185 cm³/mol. The van der Waals surface area contributed by atoms with Crippen molar-refractivity contribution in [3.05, 3.63) is 71.3 Å².